The van der Waals surface area contributed by atoms with Crippen molar-refractivity contribution < 1.29 is 0 Å². The summed E-state index contributed by atoms with van der Waals surface area (Å²) in [6.45, 7) is 9.97. The summed E-state index contributed by atoms with van der Waals surface area (Å²) >= 11 is 0. The second-order valence-electron chi connectivity index (χ2n) is 4.13. The number of nitrogens with zero attached hydrogens (tertiary/aromatic N) is 1. The molecule has 1 aliphatic rings. The van der Waals surface area contributed by atoms with Gasteiger partial charge in [-0.2, -0.15) is 0 Å². The number of aryl methyl sites for hydroxylation is 2. The van der Waals surface area contributed by atoms with Gasteiger partial charge in [-0.25, -0.2) is 0 Å². The minimum Gasteiger partial charge on any atom is -0.362 e. The van der Waals surface area contributed by atoms with Crippen molar-refractivity contribution in [2.24, 2.45) is 0 Å². The summed E-state index contributed by atoms with van der Waals surface area (Å²) < 4.78 is 0. The van der Waals surface area contributed by atoms with E-state index in [-0.39, 0.29) is 0 Å². The Bertz CT molecular complexity index is 297. The molecule has 0 bridgehead atoms. The van der Waals surface area contributed by atoms with Crippen molar-refractivity contribution in [3.8, 4) is 0 Å². The Hall–Kier alpha value is -0.800. The maximum atomic E-state index is 3.37. The Morgan fingerprint density at radius 3 is 2.57 bits per heavy atom. The van der Waals surface area contributed by atoms with Gasteiger partial charge in [0.05, 0.1) is 0 Å². The lowest BCUT2D eigenvalue weighted by molar-refractivity contribution is 0.233. The summed E-state index contributed by atoms with van der Waals surface area (Å²) in [6.07, 6.45) is 0. The van der Waals surface area contributed by atoms with Crippen molar-refractivity contribution in [2.75, 3.05) is 26.2 Å². The van der Waals surface area contributed by atoms with E-state index in [0.717, 1.165) is 19.6 Å². The zero-order chi connectivity index (χ0) is 9.97. The lowest BCUT2D eigenvalue weighted by atomic mass is 10.2. The zero-order valence-electron chi connectivity index (χ0n) is 9.06. The van der Waals surface area contributed by atoms with Gasteiger partial charge in [-0.3, -0.25) is 4.90 Å². The van der Waals surface area contributed by atoms with Crippen LogP contribution in [0.15, 0.2) is 6.07 Å². The average molecular weight is 193 g/mol. The number of aromatic nitrogens is 1. The molecule has 14 heavy (non-hydrogen) atoms. The lowest BCUT2D eigenvalue weighted by Gasteiger charge is -2.27. The van der Waals surface area contributed by atoms with Gasteiger partial charge >= 0.3 is 0 Å². The summed E-state index contributed by atoms with van der Waals surface area (Å²) in [6, 6.07) is 2.26. The van der Waals surface area contributed by atoms with E-state index in [9.17, 15) is 0 Å². The SMILES string of the molecule is Cc1cc(CN2CCNCC2)c(C)[nH]1. The van der Waals surface area contributed by atoms with Crippen LogP contribution in [-0.4, -0.2) is 36.1 Å². The Morgan fingerprint density at radius 1 is 1.29 bits per heavy atom. The topological polar surface area (TPSA) is 31.1 Å². The van der Waals surface area contributed by atoms with E-state index >= 15 is 0 Å². The van der Waals surface area contributed by atoms with Crippen LogP contribution in [0.3, 0.4) is 0 Å². The fraction of sp³-hybridized carbons (Fsp3) is 0.636. The van der Waals surface area contributed by atoms with E-state index in [1.165, 1.54) is 30.0 Å². The molecule has 1 aromatic heterocycles. The highest BCUT2D eigenvalue weighted by molar-refractivity contribution is 5.24. The van der Waals surface area contributed by atoms with Crippen LogP contribution in [0.5, 0.6) is 0 Å². The van der Waals surface area contributed by atoms with E-state index in [2.05, 4.69) is 35.1 Å². The number of hydrogen-bond acceptors (Lipinski definition) is 2. The summed E-state index contributed by atoms with van der Waals surface area (Å²) in [5, 5.41) is 3.37. The van der Waals surface area contributed by atoms with Gasteiger partial charge in [-0.05, 0) is 25.5 Å². The number of piperazine rings is 1. The standard InChI is InChI=1S/C11H19N3/c1-9-7-11(10(2)13-9)8-14-5-3-12-4-6-14/h7,12-13H,3-6,8H2,1-2H3. The van der Waals surface area contributed by atoms with E-state index < -0.39 is 0 Å². The normalized spacial score (nSPS) is 18.7. The molecule has 2 N–H and O–H groups in total. The molecule has 0 spiro atoms. The number of H-pyrrole nitrogens is 1. The van der Waals surface area contributed by atoms with Gasteiger partial charge in [0.25, 0.3) is 0 Å². The molecule has 1 fully saturated rings. The van der Waals surface area contributed by atoms with Crippen molar-refractivity contribution in [3.05, 3.63) is 23.0 Å². The van der Waals surface area contributed by atoms with E-state index in [4.69, 9.17) is 0 Å². The molecule has 0 saturated carbocycles. The van der Waals surface area contributed by atoms with Crippen LogP contribution in [0.2, 0.25) is 0 Å². The Kier molecular flexibility index (Phi) is 2.89. The van der Waals surface area contributed by atoms with Gasteiger partial charge in [0, 0.05) is 44.1 Å². The molecule has 0 aliphatic carbocycles. The first-order chi connectivity index (χ1) is 6.75. The van der Waals surface area contributed by atoms with Crippen molar-refractivity contribution in [1.82, 2.24) is 15.2 Å². The molecule has 3 nitrogen and oxygen atoms in total. The first-order valence-electron chi connectivity index (χ1n) is 5.34. The summed E-state index contributed by atoms with van der Waals surface area (Å²) in [4.78, 5) is 5.86. The van der Waals surface area contributed by atoms with Crippen LogP contribution in [0.25, 0.3) is 0 Å². The van der Waals surface area contributed by atoms with Crippen LogP contribution in [0.1, 0.15) is 17.0 Å². The Labute approximate surface area is 85.5 Å². The molecule has 1 aromatic rings. The molecule has 0 atom stereocenters. The van der Waals surface area contributed by atoms with E-state index in [1.807, 2.05) is 0 Å². The predicted molar refractivity (Wildman–Crippen MR) is 58.4 cm³/mol. The maximum Gasteiger partial charge on any atom is 0.0252 e. The molecule has 1 saturated heterocycles. The van der Waals surface area contributed by atoms with Gasteiger partial charge in [-0.1, -0.05) is 0 Å². The molecule has 78 valence electrons. The molecular weight excluding hydrogens is 174 g/mol. The number of nitrogens with one attached hydrogen (secondary N) is 2. The molecule has 0 radical (unpaired) electrons. The largest absolute Gasteiger partial charge is 0.362 e. The molecule has 2 rings (SSSR count). The van der Waals surface area contributed by atoms with Crippen molar-refractivity contribution in [1.29, 1.82) is 0 Å². The second kappa shape index (κ2) is 4.15. The molecule has 2 heterocycles. The highest BCUT2D eigenvalue weighted by Gasteiger charge is 2.11. The summed E-state index contributed by atoms with van der Waals surface area (Å²) in [7, 11) is 0. The quantitative estimate of drug-likeness (QED) is 0.735. The Morgan fingerprint density at radius 2 is 2.00 bits per heavy atom. The van der Waals surface area contributed by atoms with Crippen molar-refractivity contribution >= 4 is 0 Å². The average Bonchev–Trinajstić information content (AvgIpc) is 2.47. The van der Waals surface area contributed by atoms with Crippen LogP contribution < -0.4 is 5.32 Å². The molecular formula is C11H19N3. The van der Waals surface area contributed by atoms with Gasteiger partial charge < -0.3 is 10.3 Å². The maximum absolute atomic E-state index is 3.37. The van der Waals surface area contributed by atoms with Crippen LogP contribution in [0.4, 0.5) is 0 Å². The highest BCUT2D eigenvalue weighted by atomic mass is 15.2. The minimum absolute atomic E-state index is 1.10. The predicted octanol–water partition coefficient (Wildman–Crippen LogP) is 1.04. The third-order valence-electron chi connectivity index (χ3n) is 2.86. The second-order valence-corrected chi connectivity index (χ2v) is 4.13. The van der Waals surface area contributed by atoms with Gasteiger partial charge in [-0.15, -0.1) is 0 Å². The Balaban J connectivity index is 1.98. The van der Waals surface area contributed by atoms with Gasteiger partial charge in [0.2, 0.25) is 0 Å². The third-order valence-corrected chi connectivity index (χ3v) is 2.86. The fourth-order valence-corrected chi connectivity index (χ4v) is 2.06. The van der Waals surface area contributed by atoms with Crippen LogP contribution >= 0.6 is 0 Å². The first-order valence-corrected chi connectivity index (χ1v) is 5.34. The summed E-state index contributed by atoms with van der Waals surface area (Å²) in [5.41, 5.74) is 4.04. The minimum atomic E-state index is 1.10. The lowest BCUT2D eigenvalue weighted by Crippen LogP contribution is -2.42. The monoisotopic (exact) mass is 193 g/mol. The zero-order valence-corrected chi connectivity index (χ0v) is 9.06. The van der Waals surface area contributed by atoms with Crippen LogP contribution in [0, 0.1) is 13.8 Å². The van der Waals surface area contributed by atoms with Crippen molar-refractivity contribution in [3.63, 3.8) is 0 Å². The van der Waals surface area contributed by atoms with Gasteiger partial charge in [0.1, 0.15) is 0 Å². The van der Waals surface area contributed by atoms with Gasteiger partial charge in [0.15, 0.2) is 0 Å². The fourth-order valence-electron chi connectivity index (χ4n) is 2.06. The third kappa shape index (κ3) is 2.16. The van der Waals surface area contributed by atoms with E-state index in [0.29, 0.717) is 0 Å². The number of hydrogen-bond donors (Lipinski definition) is 2. The summed E-state index contributed by atoms with van der Waals surface area (Å²) in [5.74, 6) is 0. The number of aromatic amines is 1. The van der Waals surface area contributed by atoms with Crippen LogP contribution in [-0.2, 0) is 6.54 Å². The molecule has 0 aromatic carbocycles. The first kappa shape index (κ1) is 9.74. The van der Waals surface area contributed by atoms with E-state index in [1.54, 1.807) is 0 Å². The smallest absolute Gasteiger partial charge is 0.0252 e. The number of rotatable bonds is 2. The molecule has 0 amide bonds. The molecule has 1 aliphatic heterocycles. The molecule has 3 heteroatoms. The molecule has 0 unspecified atom stereocenters. The van der Waals surface area contributed by atoms with Crippen molar-refractivity contribution in [2.45, 2.75) is 20.4 Å². The highest BCUT2D eigenvalue weighted by Crippen LogP contribution is 2.12.